The third-order valence-corrected chi connectivity index (χ3v) is 10.1. The van der Waals surface area contributed by atoms with Crippen LogP contribution in [0.15, 0.2) is 137 Å². The zero-order valence-electron chi connectivity index (χ0n) is 29.8. The number of allylic oxidation sites excluding steroid dienone is 15. The van der Waals surface area contributed by atoms with E-state index in [0.29, 0.717) is 5.92 Å². The topological polar surface area (TPSA) is 40.5 Å². The van der Waals surface area contributed by atoms with Crippen molar-refractivity contribution in [2.75, 3.05) is 74.1 Å². The number of ether oxygens (including phenoxy) is 2. The Morgan fingerprint density at radius 2 is 1.57 bits per heavy atom. The summed E-state index contributed by atoms with van der Waals surface area (Å²) in [5.41, 5.74) is 4.48. The molecule has 2 aliphatic rings. The first-order valence-electron chi connectivity index (χ1n) is 16.1. The zero-order valence-corrected chi connectivity index (χ0v) is 31.4. The van der Waals surface area contributed by atoms with Gasteiger partial charge in [0.25, 0.3) is 0 Å². The normalized spacial score (nSPS) is 20.7. The molecule has 0 amide bonds. The van der Waals surface area contributed by atoms with Crippen LogP contribution in [0, 0.1) is 17.8 Å². The molecule has 0 aliphatic heterocycles. The highest BCUT2D eigenvalue weighted by Gasteiger charge is 2.24. The first kappa shape index (κ1) is 39.7. The minimum absolute atomic E-state index is 0.196. The average Bonchev–Trinajstić information content (AvgIpc) is 3.06. The number of methoxy groups -OCH3 is 2. The van der Waals surface area contributed by atoms with E-state index < -0.39 is 0 Å². The second kappa shape index (κ2) is 22.1. The van der Waals surface area contributed by atoms with Crippen molar-refractivity contribution in [2.24, 2.45) is 22.7 Å². The van der Waals surface area contributed by atoms with Gasteiger partial charge < -0.3 is 24.2 Å². The van der Waals surface area contributed by atoms with Crippen LogP contribution in [0.25, 0.3) is 0 Å². The van der Waals surface area contributed by atoms with Crippen molar-refractivity contribution in [3.63, 3.8) is 0 Å². The van der Waals surface area contributed by atoms with Gasteiger partial charge in [-0.1, -0.05) is 96.4 Å². The largest absolute Gasteiger partial charge is 0.500 e. The summed E-state index contributed by atoms with van der Waals surface area (Å²) in [5.74, 6) is 4.72. The van der Waals surface area contributed by atoms with Crippen LogP contribution in [-0.2, 0) is 9.47 Å². The van der Waals surface area contributed by atoms with E-state index in [1.165, 1.54) is 11.4 Å². The summed E-state index contributed by atoms with van der Waals surface area (Å²) >= 11 is 0. The lowest BCUT2D eigenvalue weighted by Gasteiger charge is -2.28. The average molecular weight is 677 g/mol. The second-order valence-electron chi connectivity index (χ2n) is 11.7. The summed E-state index contributed by atoms with van der Waals surface area (Å²) in [6, 6.07) is 0. The SMILES string of the molecule is C=C/C=C(\C=C/N(C)CCSSCC/N=C/C=C(C=C)/C=C/C1CC=C(N(C)C)C=C1OC)/C=C/C1C(OC)=CC(N(C)C)=CC1C. The van der Waals surface area contributed by atoms with Crippen LogP contribution in [0.3, 0.4) is 0 Å². The second-order valence-corrected chi connectivity index (χ2v) is 14.4. The molecule has 2 rings (SSSR count). The van der Waals surface area contributed by atoms with Crippen LogP contribution in [0.2, 0.25) is 0 Å². The van der Waals surface area contributed by atoms with E-state index in [1.807, 2.05) is 66.2 Å². The van der Waals surface area contributed by atoms with E-state index in [0.717, 1.165) is 53.7 Å². The smallest absolute Gasteiger partial charge is 0.105 e. The van der Waals surface area contributed by atoms with E-state index >= 15 is 0 Å². The van der Waals surface area contributed by atoms with Crippen molar-refractivity contribution in [1.29, 1.82) is 0 Å². The number of hydrogen-bond donors (Lipinski definition) is 0. The first-order chi connectivity index (χ1) is 22.6. The predicted molar refractivity (Wildman–Crippen MR) is 209 cm³/mol. The van der Waals surface area contributed by atoms with Crippen molar-refractivity contribution in [3.05, 3.63) is 132 Å². The Morgan fingerprint density at radius 3 is 2.23 bits per heavy atom. The van der Waals surface area contributed by atoms with Crippen LogP contribution in [0.1, 0.15) is 13.3 Å². The lowest BCUT2D eigenvalue weighted by molar-refractivity contribution is 0.236. The monoisotopic (exact) mass is 676 g/mol. The molecule has 0 heterocycles. The number of nitrogens with zero attached hydrogens (tertiary/aromatic N) is 4. The molecule has 8 heteroatoms. The quantitative estimate of drug-likeness (QED) is 0.0555. The molecule has 0 aromatic heterocycles. The Labute approximate surface area is 293 Å². The molecule has 0 saturated heterocycles. The molecule has 256 valence electrons. The molecule has 0 radical (unpaired) electrons. The van der Waals surface area contributed by atoms with Crippen molar-refractivity contribution < 1.29 is 9.47 Å². The van der Waals surface area contributed by atoms with E-state index in [1.54, 1.807) is 14.2 Å². The highest BCUT2D eigenvalue weighted by molar-refractivity contribution is 8.76. The highest BCUT2D eigenvalue weighted by atomic mass is 33.1. The highest BCUT2D eigenvalue weighted by Crippen LogP contribution is 2.32. The molecule has 3 unspecified atom stereocenters. The van der Waals surface area contributed by atoms with Gasteiger partial charge in [0.1, 0.15) is 11.5 Å². The Bertz CT molecular complexity index is 1330. The molecule has 3 atom stereocenters. The van der Waals surface area contributed by atoms with Crippen LogP contribution in [0.4, 0.5) is 0 Å². The number of rotatable bonds is 20. The lowest BCUT2D eigenvalue weighted by Crippen LogP contribution is -2.21. The third-order valence-electron chi connectivity index (χ3n) is 7.73. The maximum Gasteiger partial charge on any atom is 0.105 e. The fraction of sp³-hybridized carbons (Fsp3) is 0.410. The summed E-state index contributed by atoms with van der Waals surface area (Å²) in [7, 11) is 17.6. The molecule has 0 fully saturated rings. The Kier molecular flexibility index (Phi) is 18.7. The van der Waals surface area contributed by atoms with Gasteiger partial charge >= 0.3 is 0 Å². The zero-order chi connectivity index (χ0) is 34.6. The van der Waals surface area contributed by atoms with E-state index in [4.69, 9.17) is 9.47 Å². The Balaban J connectivity index is 1.74. The third kappa shape index (κ3) is 14.4. The van der Waals surface area contributed by atoms with Gasteiger partial charge in [-0.05, 0) is 54.0 Å². The van der Waals surface area contributed by atoms with Crippen molar-refractivity contribution in [3.8, 4) is 0 Å². The van der Waals surface area contributed by atoms with Gasteiger partial charge in [0, 0.05) is 89.3 Å². The molecule has 0 aromatic carbocycles. The number of aliphatic imine (C=N–C) groups is 1. The Hall–Kier alpha value is -3.49. The summed E-state index contributed by atoms with van der Waals surface area (Å²) in [6.07, 6.45) is 32.2. The molecule has 0 aromatic rings. The van der Waals surface area contributed by atoms with Gasteiger partial charge in [0.2, 0.25) is 0 Å². The molecule has 0 spiro atoms. The minimum Gasteiger partial charge on any atom is -0.500 e. The number of hydrogen-bond acceptors (Lipinski definition) is 8. The fourth-order valence-electron chi connectivity index (χ4n) is 4.86. The van der Waals surface area contributed by atoms with Crippen LogP contribution < -0.4 is 0 Å². The molecule has 0 saturated carbocycles. The van der Waals surface area contributed by atoms with Gasteiger partial charge in [0.15, 0.2) is 0 Å². The van der Waals surface area contributed by atoms with Crippen LogP contribution in [-0.4, -0.2) is 95.0 Å². The Morgan fingerprint density at radius 1 is 0.894 bits per heavy atom. The summed E-state index contributed by atoms with van der Waals surface area (Å²) in [4.78, 5) is 11.0. The van der Waals surface area contributed by atoms with Gasteiger partial charge in [-0.15, -0.1) is 0 Å². The van der Waals surface area contributed by atoms with E-state index in [9.17, 15) is 0 Å². The van der Waals surface area contributed by atoms with Gasteiger partial charge in [-0.25, -0.2) is 0 Å². The van der Waals surface area contributed by atoms with Crippen molar-refractivity contribution >= 4 is 27.8 Å². The fourth-order valence-corrected chi connectivity index (χ4v) is 6.80. The molecule has 2 aliphatic carbocycles. The summed E-state index contributed by atoms with van der Waals surface area (Å²) in [6.45, 7) is 11.8. The van der Waals surface area contributed by atoms with E-state index in [2.05, 4.69) is 122 Å². The summed E-state index contributed by atoms with van der Waals surface area (Å²) < 4.78 is 11.4. The molecule has 47 heavy (non-hydrogen) atoms. The van der Waals surface area contributed by atoms with E-state index in [-0.39, 0.29) is 11.8 Å². The van der Waals surface area contributed by atoms with Crippen molar-refractivity contribution in [1.82, 2.24) is 14.7 Å². The molecular weight excluding hydrogens is 621 g/mol. The standard InChI is InChI=1S/C39H56N4O2S2/c1-11-13-33(15-19-37-31(3)28-36(42(6)7)30-39(37)45-10)21-24-43(8)25-27-47-46-26-23-40-22-20-32(12-2)14-16-34-17-18-35(41(4)5)29-38(34)44-9/h11-16,18-22,24,28-31,34,37H,1-2,17,23,25-27H2,3-10H3/b16-14+,19-15+,24-21-,32-20+,33-13-,40-22+. The van der Waals surface area contributed by atoms with Crippen LogP contribution in [0.5, 0.6) is 0 Å². The molecular formula is C39H56N4O2S2. The summed E-state index contributed by atoms with van der Waals surface area (Å²) in [5, 5.41) is 0. The molecule has 0 N–H and O–H groups in total. The maximum atomic E-state index is 5.74. The van der Waals surface area contributed by atoms with Gasteiger partial charge in [0.05, 0.1) is 14.2 Å². The van der Waals surface area contributed by atoms with Gasteiger partial charge in [-0.3, -0.25) is 4.99 Å². The molecule has 6 nitrogen and oxygen atoms in total. The number of likely N-dealkylation sites (N-methyl/N-ethyl adjacent to an activating group) is 2. The minimum atomic E-state index is 0.196. The van der Waals surface area contributed by atoms with Crippen molar-refractivity contribution in [2.45, 2.75) is 13.3 Å². The van der Waals surface area contributed by atoms with Gasteiger partial charge in [-0.2, -0.15) is 0 Å². The lowest BCUT2D eigenvalue weighted by atomic mass is 9.86. The first-order valence-corrected chi connectivity index (χ1v) is 18.5. The molecule has 0 bridgehead atoms. The van der Waals surface area contributed by atoms with Crippen LogP contribution >= 0.6 is 21.6 Å². The maximum absolute atomic E-state index is 5.74. The predicted octanol–water partition coefficient (Wildman–Crippen LogP) is 8.46.